The maximum atomic E-state index is 11.5. The van der Waals surface area contributed by atoms with Gasteiger partial charge in [0.05, 0.1) is 6.61 Å². The third kappa shape index (κ3) is 3.71. The van der Waals surface area contributed by atoms with Crippen LogP contribution < -0.4 is 5.48 Å². The number of hydrogen-bond donors (Lipinski definition) is 1. The summed E-state index contributed by atoms with van der Waals surface area (Å²) in [5.74, 6) is 0.199. The molecule has 1 amide bonds. The van der Waals surface area contributed by atoms with Crippen LogP contribution >= 0.6 is 0 Å². The zero-order chi connectivity index (χ0) is 11.3. The number of aromatic nitrogens is 2. The molecule has 5 nitrogen and oxygen atoms in total. The van der Waals surface area contributed by atoms with E-state index in [-0.39, 0.29) is 11.9 Å². The highest BCUT2D eigenvalue weighted by Crippen LogP contribution is 2.02. The molecule has 5 heteroatoms. The second kappa shape index (κ2) is 5.50. The van der Waals surface area contributed by atoms with E-state index in [2.05, 4.69) is 10.6 Å². The Hall–Kier alpha value is -1.36. The number of hydroxylamine groups is 1. The van der Waals surface area contributed by atoms with Crippen molar-refractivity contribution < 1.29 is 9.63 Å². The Morgan fingerprint density at radius 3 is 2.80 bits per heavy atom. The van der Waals surface area contributed by atoms with Gasteiger partial charge in [-0.25, -0.2) is 5.48 Å². The van der Waals surface area contributed by atoms with Crippen LogP contribution in [0.5, 0.6) is 0 Å². The van der Waals surface area contributed by atoms with Crippen molar-refractivity contribution in [3.8, 4) is 0 Å². The first-order valence-corrected chi connectivity index (χ1v) is 5.02. The molecule has 0 spiro atoms. The largest absolute Gasteiger partial charge is 0.273 e. The van der Waals surface area contributed by atoms with Gasteiger partial charge in [0.25, 0.3) is 5.91 Å². The second-order valence-electron chi connectivity index (χ2n) is 3.83. The Morgan fingerprint density at radius 1 is 1.53 bits per heavy atom. The van der Waals surface area contributed by atoms with Gasteiger partial charge in [-0.3, -0.25) is 14.3 Å². The first kappa shape index (κ1) is 11.7. The van der Waals surface area contributed by atoms with Crippen LogP contribution in [0.25, 0.3) is 0 Å². The van der Waals surface area contributed by atoms with E-state index in [1.807, 2.05) is 13.8 Å². The average Bonchev–Trinajstić information content (AvgIpc) is 2.68. The van der Waals surface area contributed by atoms with Crippen molar-refractivity contribution in [1.29, 1.82) is 0 Å². The molecule has 0 bridgehead atoms. The molecule has 15 heavy (non-hydrogen) atoms. The van der Waals surface area contributed by atoms with Crippen molar-refractivity contribution in [2.45, 2.75) is 26.8 Å². The predicted molar refractivity (Wildman–Crippen MR) is 55.9 cm³/mol. The summed E-state index contributed by atoms with van der Waals surface area (Å²) in [5, 5.41) is 3.98. The molecule has 0 fully saturated rings. The Labute approximate surface area is 89.4 Å². The van der Waals surface area contributed by atoms with Crippen molar-refractivity contribution in [1.82, 2.24) is 15.3 Å². The normalized spacial score (nSPS) is 12.8. The standard InChI is InChI=1S/C10H17N3O2/c1-8(2)7-15-12-10(14)9(3)13-6-4-5-11-13/h4-6,8-9H,7H2,1-3H3,(H,12,14). The molecule has 84 valence electrons. The van der Waals surface area contributed by atoms with Crippen LogP contribution in [0.3, 0.4) is 0 Å². The number of nitrogens with zero attached hydrogens (tertiary/aromatic N) is 2. The SMILES string of the molecule is CC(C)CONC(=O)C(C)n1cccn1. The summed E-state index contributed by atoms with van der Waals surface area (Å²) < 4.78 is 1.58. The lowest BCUT2D eigenvalue weighted by atomic mass is 10.2. The number of rotatable bonds is 5. The van der Waals surface area contributed by atoms with E-state index >= 15 is 0 Å². The van der Waals surface area contributed by atoms with Crippen LogP contribution in [0, 0.1) is 5.92 Å². The zero-order valence-electron chi connectivity index (χ0n) is 9.30. The molecule has 1 rings (SSSR count). The summed E-state index contributed by atoms with van der Waals surface area (Å²) in [7, 11) is 0. The smallest absolute Gasteiger partial charge is 0.268 e. The Bertz CT molecular complexity index is 296. The fraction of sp³-hybridized carbons (Fsp3) is 0.600. The maximum absolute atomic E-state index is 11.5. The zero-order valence-corrected chi connectivity index (χ0v) is 9.30. The average molecular weight is 211 g/mol. The second-order valence-corrected chi connectivity index (χ2v) is 3.83. The van der Waals surface area contributed by atoms with Gasteiger partial charge in [0.15, 0.2) is 0 Å². The molecular formula is C10H17N3O2. The minimum Gasteiger partial charge on any atom is -0.273 e. The molecule has 1 unspecified atom stereocenters. The highest BCUT2D eigenvalue weighted by molar-refractivity contribution is 5.78. The fourth-order valence-electron chi connectivity index (χ4n) is 0.995. The summed E-state index contributed by atoms with van der Waals surface area (Å²) in [6, 6.07) is 1.42. The first-order valence-electron chi connectivity index (χ1n) is 5.02. The molecule has 1 N–H and O–H groups in total. The highest BCUT2D eigenvalue weighted by atomic mass is 16.7. The molecule has 0 aromatic carbocycles. The van der Waals surface area contributed by atoms with Gasteiger partial charge in [0, 0.05) is 12.4 Å². The van der Waals surface area contributed by atoms with Crippen LogP contribution in [-0.2, 0) is 9.63 Å². The van der Waals surface area contributed by atoms with Gasteiger partial charge in [-0.1, -0.05) is 13.8 Å². The summed E-state index contributed by atoms with van der Waals surface area (Å²) in [6.07, 6.45) is 3.38. The van der Waals surface area contributed by atoms with Gasteiger partial charge in [-0.05, 0) is 18.9 Å². The van der Waals surface area contributed by atoms with Gasteiger partial charge in [0.2, 0.25) is 0 Å². The maximum Gasteiger partial charge on any atom is 0.268 e. The monoisotopic (exact) mass is 211 g/mol. The third-order valence-electron chi connectivity index (χ3n) is 1.89. The molecular weight excluding hydrogens is 194 g/mol. The fourth-order valence-corrected chi connectivity index (χ4v) is 0.995. The van der Waals surface area contributed by atoms with Gasteiger partial charge in [-0.2, -0.15) is 5.10 Å². The highest BCUT2D eigenvalue weighted by Gasteiger charge is 2.14. The Kier molecular flexibility index (Phi) is 4.30. The van der Waals surface area contributed by atoms with E-state index in [1.165, 1.54) is 0 Å². The van der Waals surface area contributed by atoms with Gasteiger partial charge >= 0.3 is 0 Å². The summed E-state index contributed by atoms with van der Waals surface area (Å²) in [5.41, 5.74) is 2.40. The number of carbonyl (C=O) groups excluding carboxylic acids is 1. The van der Waals surface area contributed by atoms with Crippen LogP contribution in [0.2, 0.25) is 0 Å². The van der Waals surface area contributed by atoms with E-state index in [0.29, 0.717) is 12.5 Å². The van der Waals surface area contributed by atoms with E-state index in [0.717, 1.165) is 0 Å². The van der Waals surface area contributed by atoms with Crippen LogP contribution in [-0.4, -0.2) is 22.3 Å². The number of nitrogens with one attached hydrogen (secondary N) is 1. The van der Waals surface area contributed by atoms with Crippen LogP contribution in [0.15, 0.2) is 18.5 Å². The lowest BCUT2D eigenvalue weighted by Crippen LogP contribution is -2.32. The molecule has 0 aliphatic rings. The summed E-state index contributed by atoms with van der Waals surface area (Å²) in [6.45, 7) is 6.31. The third-order valence-corrected chi connectivity index (χ3v) is 1.89. The topological polar surface area (TPSA) is 56.1 Å². The van der Waals surface area contributed by atoms with Crippen molar-refractivity contribution >= 4 is 5.91 Å². The van der Waals surface area contributed by atoms with Crippen molar-refractivity contribution in [3.05, 3.63) is 18.5 Å². The van der Waals surface area contributed by atoms with E-state index in [4.69, 9.17) is 4.84 Å². The van der Waals surface area contributed by atoms with Crippen molar-refractivity contribution in [2.75, 3.05) is 6.61 Å². The van der Waals surface area contributed by atoms with E-state index < -0.39 is 0 Å². The first-order chi connectivity index (χ1) is 7.11. The van der Waals surface area contributed by atoms with Gasteiger partial charge in [-0.15, -0.1) is 0 Å². The minimum atomic E-state index is -0.354. The number of carbonyl (C=O) groups is 1. The van der Waals surface area contributed by atoms with Gasteiger partial charge < -0.3 is 0 Å². The molecule has 0 radical (unpaired) electrons. The van der Waals surface area contributed by atoms with Crippen LogP contribution in [0.4, 0.5) is 0 Å². The van der Waals surface area contributed by atoms with E-state index in [9.17, 15) is 4.79 Å². The Balaban J connectivity index is 2.34. The minimum absolute atomic E-state index is 0.195. The van der Waals surface area contributed by atoms with Crippen LogP contribution in [0.1, 0.15) is 26.8 Å². The molecule has 1 atom stereocenters. The van der Waals surface area contributed by atoms with Crippen molar-refractivity contribution in [3.63, 3.8) is 0 Å². The molecule has 0 saturated carbocycles. The molecule has 0 saturated heterocycles. The molecule has 1 heterocycles. The lowest BCUT2D eigenvalue weighted by molar-refractivity contribution is -0.137. The molecule has 1 aromatic rings. The molecule has 0 aliphatic carbocycles. The summed E-state index contributed by atoms with van der Waals surface area (Å²) in [4.78, 5) is 16.6. The summed E-state index contributed by atoms with van der Waals surface area (Å²) >= 11 is 0. The molecule has 1 aromatic heterocycles. The number of amides is 1. The van der Waals surface area contributed by atoms with Crippen molar-refractivity contribution in [2.24, 2.45) is 5.92 Å². The Morgan fingerprint density at radius 2 is 2.27 bits per heavy atom. The van der Waals surface area contributed by atoms with Gasteiger partial charge in [0.1, 0.15) is 6.04 Å². The number of hydrogen-bond acceptors (Lipinski definition) is 3. The molecule has 0 aliphatic heterocycles. The lowest BCUT2D eigenvalue weighted by Gasteiger charge is -2.13. The quantitative estimate of drug-likeness (QED) is 0.743. The predicted octanol–water partition coefficient (Wildman–Crippen LogP) is 1.15. The van der Waals surface area contributed by atoms with E-state index in [1.54, 1.807) is 30.1 Å².